The summed E-state index contributed by atoms with van der Waals surface area (Å²) in [4.78, 5) is 10.6. The van der Waals surface area contributed by atoms with E-state index in [0.717, 1.165) is 0 Å². The minimum Gasteiger partial charge on any atom is -0.504 e. The lowest BCUT2D eigenvalue weighted by Gasteiger charge is -2.07. The van der Waals surface area contributed by atoms with E-state index in [1.54, 1.807) is 6.07 Å². The average molecular weight is 294 g/mol. The molecular formula is C8H7IO4. The van der Waals surface area contributed by atoms with Crippen LogP contribution in [0.1, 0.15) is 10.4 Å². The Hall–Kier alpha value is -0.980. The van der Waals surface area contributed by atoms with Crippen molar-refractivity contribution in [1.82, 2.24) is 0 Å². The standard InChI is InChI=1S/C8H7IO4/c1-13-7-5(9)3-2-4(6(7)10)8(11)12/h2-3,10H,1H3,(H,11,12). The van der Waals surface area contributed by atoms with Crippen molar-refractivity contribution in [2.45, 2.75) is 0 Å². The molecule has 0 unspecified atom stereocenters. The van der Waals surface area contributed by atoms with Gasteiger partial charge in [0.15, 0.2) is 11.5 Å². The van der Waals surface area contributed by atoms with Gasteiger partial charge in [-0.15, -0.1) is 0 Å². The van der Waals surface area contributed by atoms with Gasteiger partial charge in [0.05, 0.1) is 10.7 Å². The number of methoxy groups -OCH3 is 1. The average Bonchev–Trinajstić information content (AvgIpc) is 2.04. The van der Waals surface area contributed by atoms with Crippen molar-refractivity contribution in [2.75, 3.05) is 7.11 Å². The predicted molar refractivity (Wildman–Crippen MR) is 54.3 cm³/mol. The van der Waals surface area contributed by atoms with Gasteiger partial charge in [-0.1, -0.05) is 0 Å². The first kappa shape index (κ1) is 10.1. The van der Waals surface area contributed by atoms with Gasteiger partial charge in [0, 0.05) is 0 Å². The first-order chi connectivity index (χ1) is 6.07. The van der Waals surface area contributed by atoms with E-state index in [2.05, 4.69) is 0 Å². The van der Waals surface area contributed by atoms with Gasteiger partial charge in [-0.25, -0.2) is 4.79 Å². The topological polar surface area (TPSA) is 66.8 Å². The molecule has 0 saturated carbocycles. The lowest BCUT2D eigenvalue weighted by Crippen LogP contribution is -1.99. The van der Waals surface area contributed by atoms with E-state index >= 15 is 0 Å². The third kappa shape index (κ3) is 1.85. The van der Waals surface area contributed by atoms with Gasteiger partial charge in [0.2, 0.25) is 0 Å². The van der Waals surface area contributed by atoms with E-state index in [4.69, 9.17) is 9.84 Å². The van der Waals surface area contributed by atoms with Gasteiger partial charge >= 0.3 is 5.97 Å². The number of hydrogen-bond donors (Lipinski definition) is 2. The largest absolute Gasteiger partial charge is 0.504 e. The third-order valence-electron chi connectivity index (χ3n) is 1.52. The number of aromatic hydroxyl groups is 1. The lowest BCUT2D eigenvalue weighted by molar-refractivity contribution is 0.0693. The summed E-state index contributed by atoms with van der Waals surface area (Å²) in [6.45, 7) is 0. The summed E-state index contributed by atoms with van der Waals surface area (Å²) >= 11 is 1.95. The van der Waals surface area contributed by atoms with Crippen molar-refractivity contribution in [3.8, 4) is 11.5 Å². The van der Waals surface area contributed by atoms with Crippen molar-refractivity contribution in [3.63, 3.8) is 0 Å². The Morgan fingerprint density at radius 2 is 2.15 bits per heavy atom. The van der Waals surface area contributed by atoms with Crippen LogP contribution in [0.4, 0.5) is 0 Å². The van der Waals surface area contributed by atoms with E-state index in [-0.39, 0.29) is 17.1 Å². The highest BCUT2D eigenvalue weighted by atomic mass is 127. The summed E-state index contributed by atoms with van der Waals surface area (Å²) < 4.78 is 5.51. The van der Waals surface area contributed by atoms with Crippen molar-refractivity contribution < 1.29 is 19.7 Å². The number of halogens is 1. The van der Waals surface area contributed by atoms with Crippen LogP contribution in [0.25, 0.3) is 0 Å². The summed E-state index contributed by atoms with van der Waals surface area (Å²) in [6, 6.07) is 2.91. The molecule has 0 fully saturated rings. The van der Waals surface area contributed by atoms with E-state index < -0.39 is 5.97 Å². The Morgan fingerprint density at radius 3 is 2.62 bits per heavy atom. The van der Waals surface area contributed by atoms with Crippen LogP contribution in [0.3, 0.4) is 0 Å². The fourth-order valence-corrected chi connectivity index (χ4v) is 1.57. The Balaban J connectivity index is 3.35. The Bertz CT molecular complexity index is 348. The van der Waals surface area contributed by atoms with Gasteiger partial charge in [-0.2, -0.15) is 0 Å². The summed E-state index contributed by atoms with van der Waals surface area (Å²) in [7, 11) is 1.38. The maximum absolute atomic E-state index is 10.6. The number of aromatic carboxylic acids is 1. The van der Waals surface area contributed by atoms with Crippen LogP contribution in [-0.2, 0) is 0 Å². The van der Waals surface area contributed by atoms with E-state index in [1.165, 1.54) is 13.2 Å². The summed E-state index contributed by atoms with van der Waals surface area (Å²) in [5.41, 5.74) is -0.155. The number of rotatable bonds is 2. The molecule has 5 heteroatoms. The van der Waals surface area contributed by atoms with Crippen LogP contribution in [0.15, 0.2) is 12.1 Å². The third-order valence-corrected chi connectivity index (χ3v) is 2.37. The maximum atomic E-state index is 10.6. The second-order valence-electron chi connectivity index (χ2n) is 2.28. The molecule has 13 heavy (non-hydrogen) atoms. The molecule has 0 aliphatic rings. The molecule has 0 spiro atoms. The molecule has 0 aliphatic heterocycles. The lowest BCUT2D eigenvalue weighted by atomic mass is 10.2. The zero-order valence-corrected chi connectivity index (χ0v) is 8.90. The normalized spacial score (nSPS) is 9.69. The van der Waals surface area contributed by atoms with Gasteiger partial charge in [-0.05, 0) is 34.7 Å². The zero-order valence-electron chi connectivity index (χ0n) is 6.74. The van der Waals surface area contributed by atoms with Gasteiger partial charge in [0.25, 0.3) is 0 Å². The zero-order chi connectivity index (χ0) is 10.0. The molecule has 4 nitrogen and oxygen atoms in total. The fourth-order valence-electron chi connectivity index (χ4n) is 0.913. The molecule has 1 rings (SSSR count). The van der Waals surface area contributed by atoms with Crippen LogP contribution < -0.4 is 4.74 Å². The smallest absolute Gasteiger partial charge is 0.339 e. The molecule has 0 radical (unpaired) electrons. The van der Waals surface area contributed by atoms with Crippen LogP contribution >= 0.6 is 22.6 Å². The van der Waals surface area contributed by atoms with Gasteiger partial charge in [0.1, 0.15) is 5.56 Å². The molecule has 0 heterocycles. The molecule has 0 aromatic heterocycles. The molecule has 0 amide bonds. The van der Waals surface area contributed by atoms with Crippen LogP contribution in [0.5, 0.6) is 11.5 Å². The van der Waals surface area contributed by atoms with Crippen molar-refractivity contribution in [1.29, 1.82) is 0 Å². The van der Waals surface area contributed by atoms with Gasteiger partial charge < -0.3 is 14.9 Å². The number of benzene rings is 1. The number of phenols is 1. The minimum atomic E-state index is -1.17. The second-order valence-corrected chi connectivity index (χ2v) is 3.44. The number of hydrogen-bond acceptors (Lipinski definition) is 3. The summed E-state index contributed by atoms with van der Waals surface area (Å²) in [5.74, 6) is -1.31. The Labute approximate surface area is 88.3 Å². The molecule has 70 valence electrons. The number of carboxylic acid groups (broad SMARTS) is 1. The number of carbonyl (C=O) groups is 1. The summed E-state index contributed by atoms with van der Waals surface area (Å²) in [5, 5.41) is 18.1. The van der Waals surface area contributed by atoms with Crippen molar-refractivity contribution in [2.24, 2.45) is 0 Å². The van der Waals surface area contributed by atoms with E-state index in [0.29, 0.717) is 3.57 Å². The van der Waals surface area contributed by atoms with Crippen LogP contribution in [0, 0.1) is 3.57 Å². The highest BCUT2D eigenvalue weighted by molar-refractivity contribution is 14.1. The molecule has 0 aliphatic carbocycles. The highest BCUT2D eigenvalue weighted by Crippen LogP contribution is 2.34. The molecule has 0 saturated heterocycles. The Kier molecular flexibility index (Phi) is 2.97. The molecule has 0 bridgehead atoms. The maximum Gasteiger partial charge on any atom is 0.339 e. The molecule has 1 aromatic carbocycles. The Morgan fingerprint density at radius 1 is 1.54 bits per heavy atom. The molecule has 0 atom stereocenters. The summed E-state index contributed by atoms with van der Waals surface area (Å²) in [6.07, 6.45) is 0. The van der Waals surface area contributed by atoms with Crippen molar-refractivity contribution >= 4 is 28.6 Å². The molecule has 1 aromatic rings. The second kappa shape index (κ2) is 3.82. The van der Waals surface area contributed by atoms with E-state index in [9.17, 15) is 9.90 Å². The molecule has 2 N–H and O–H groups in total. The highest BCUT2D eigenvalue weighted by Gasteiger charge is 2.16. The monoisotopic (exact) mass is 294 g/mol. The number of carboxylic acids is 1. The SMILES string of the molecule is COc1c(I)ccc(C(=O)O)c1O. The van der Waals surface area contributed by atoms with Crippen LogP contribution in [-0.4, -0.2) is 23.3 Å². The minimum absolute atomic E-state index is 0.155. The van der Waals surface area contributed by atoms with E-state index in [1.807, 2.05) is 22.6 Å². The predicted octanol–water partition coefficient (Wildman–Crippen LogP) is 1.70. The first-order valence-corrected chi connectivity index (χ1v) is 4.44. The number of ether oxygens (including phenoxy) is 1. The first-order valence-electron chi connectivity index (χ1n) is 3.36. The molecular weight excluding hydrogens is 287 g/mol. The van der Waals surface area contributed by atoms with Crippen LogP contribution in [0.2, 0.25) is 0 Å². The van der Waals surface area contributed by atoms with Crippen molar-refractivity contribution in [3.05, 3.63) is 21.3 Å². The quantitative estimate of drug-likeness (QED) is 0.815. The van der Waals surface area contributed by atoms with Gasteiger partial charge in [-0.3, -0.25) is 0 Å². The fraction of sp³-hybridized carbons (Fsp3) is 0.125.